The van der Waals surface area contributed by atoms with Crippen molar-refractivity contribution in [3.8, 4) is 0 Å². The highest BCUT2D eigenvalue weighted by Crippen LogP contribution is 2.21. The summed E-state index contributed by atoms with van der Waals surface area (Å²) in [6.07, 6.45) is 2.58. The molecular formula is C17H15ClN2O2S2. The van der Waals surface area contributed by atoms with Gasteiger partial charge in [0.05, 0.1) is 11.6 Å². The molecule has 124 valence electrons. The smallest absolute Gasteiger partial charge is 0.242 e. The molecule has 0 atom stereocenters. The summed E-state index contributed by atoms with van der Waals surface area (Å²) >= 11 is 7.45. The van der Waals surface area contributed by atoms with E-state index in [2.05, 4.69) is 21.8 Å². The van der Waals surface area contributed by atoms with Crippen molar-refractivity contribution in [2.45, 2.75) is 17.9 Å². The minimum absolute atomic E-state index is 0.0766. The number of hydrogen-bond acceptors (Lipinski definition) is 4. The summed E-state index contributed by atoms with van der Waals surface area (Å²) in [6.45, 7) is 0.146. The SMILES string of the molecule is O=S(=O)(NCc1ncc(Cc2ccccc2)s1)c1ccccc1Cl. The van der Waals surface area contributed by atoms with Crippen molar-refractivity contribution in [2.75, 3.05) is 0 Å². The van der Waals surface area contributed by atoms with Gasteiger partial charge in [-0.1, -0.05) is 54.1 Å². The second kappa shape index (κ2) is 7.44. The van der Waals surface area contributed by atoms with E-state index >= 15 is 0 Å². The first-order valence-electron chi connectivity index (χ1n) is 7.26. The molecule has 1 aromatic heterocycles. The maximum absolute atomic E-state index is 12.3. The molecule has 0 fully saturated rings. The number of thiazole rings is 1. The third-order valence-electron chi connectivity index (χ3n) is 3.36. The highest BCUT2D eigenvalue weighted by molar-refractivity contribution is 7.89. The fourth-order valence-electron chi connectivity index (χ4n) is 2.21. The van der Waals surface area contributed by atoms with Gasteiger partial charge in [0.2, 0.25) is 10.0 Å². The molecule has 0 bridgehead atoms. The van der Waals surface area contributed by atoms with Crippen molar-refractivity contribution in [3.05, 3.63) is 81.3 Å². The van der Waals surface area contributed by atoms with Gasteiger partial charge >= 0.3 is 0 Å². The predicted molar refractivity (Wildman–Crippen MR) is 96.8 cm³/mol. The van der Waals surface area contributed by atoms with E-state index in [9.17, 15) is 8.42 Å². The Bertz CT molecular complexity index is 925. The van der Waals surface area contributed by atoms with E-state index in [-0.39, 0.29) is 16.5 Å². The largest absolute Gasteiger partial charge is 0.248 e. The van der Waals surface area contributed by atoms with Gasteiger partial charge in [0, 0.05) is 17.5 Å². The third-order valence-corrected chi connectivity index (χ3v) is 6.26. The van der Waals surface area contributed by atoms with Crippen LogP contribution in [0.25, 0.3) is 0 Å². The molecule has 0 saturated heterocycles. The van der Waals surface area contributed by atoms with Gasteiger partial charge < -0.3 is 0 Å². The first kappa shape index (κ1) is 17.1. The zero-order valence-corrected chi connectivity index (χ0v) is 15.0. The molecule has 2 aromatic carbocycles. The van der Waals surface area contributed by atoms with Crippen molar-refractivity contribution in [1.82, 2.24) is 9.71 Å². The van der Waals surface area contributed by atoms with Gasteiger partial charge in [-0.15, -0.1) is 11.3 Å². The number of hydrogen-bond donors (Lipinski definition) is 1. The van der Waals surface area contributed by atoms with E-state index in [1.807, 2.05) is 18.2 Å². The number of rotatable bonds is 6. The van der Waals surface area contributed by atoms with Gasteiger partial charge in [0.15, 0.2) is 0 Å². The van der Waals surface area contributed by atoms with Gasteiger partial charge in [-0.25, -0.2) is 18.1 Å². The Morgan fingerprint density at radius 3 is 2.50 bits per heavy atom. The quantitative estimate of drug-likeness (QED) is 0.708. The monoisotopic (exact) mass is 378 g/mol. The van der Waals surface area contributed by atoms with Crippen molar-refractivity contribution >= 4 is 33.0 Å². The third kappa shape index (κ3) is 4.21. The topological polar surface area (TPSA) is 59.1 Å². The van der Waals surface area contributed by atoms with Crippen LogP contribution in [0.2, 0.25) is 5.02 Å². The zero-order valence-electron chi connectivity index (χ0n) is 12.6. The van der Waals surface area contributed by atoms with Crippen LogP contribution in [0.1, 0.15) is 15.4 Å². The van der Waals surface area contributed by atoms with Crippen molar-refractivity contribution in [1.29, 1.82) is 0 Å². The molecule has 4 nitrogen and oxygen atoms in total. The number of nitrogens with zero attached hydrogens (tertiary/aromatic N) is 1. The molecule has 0 saturated carbocycles. The van der Waals surface area contributed by atoms with E-state index in [0.717, 1.165) is 16.3 Å². The lowest BCUT2D eigenvalue weighted by atomic mass is 10.1. The molecule has 1 N–H and O–H groups in total. The fraction of sp³-hybridized carbons (Fsp3) is 0.118. The minimum atomic E-state index is -3.65. The van der Waals surface area contributed by atoms with Crippen molar-refractivity contribution < 1.29 is 8.42 Å². The van der Waals surface area contributed by atoms with Crippen LogP contribution in [0, 0.1) is 0 Å². The molecule has 0 radical (unpaired) electrons. The minimum Gasteiger partial charge on any atom is -0.248 e. The lowest BCUT2D eigenvalue weighted by Gasteiger charge is -2.06. The maximum Gasteiger partial charge on any atom is 0.242 e. The molecule has 0 aliphatic rings. The number of nitrogens with one attached hydrogen (secondary N) is 1. The molecule has 1 heterocycles. The van der Waals surface area contributed by atoms with Gasteiger partial charge in [0.1, 0.15) is 9.90 Å². The molecule has 24 heavy (non-hydrogen) atoms. The predicted octanol–water partition coefficient (Wildman–Crippen LogP) is 3.87. The Labute approximate surface area is 150 Å². The summed E-state index contributed by atoms with van der Waals surface area (Å²) in [5.74, 6) is 0. The number of sulfonamides is 1. The maximum atomic E-state index is 12.3. The Hall–Kier alpha value is -1.73. The molecule has 3 rings (SSSR count). The van der Waals surface area contributed by atoms with E-state index in [1.165, 1.54) is 23.0 Å². The number of aromatic nitrogens is 1. The van der Waals surface area contributed by atoms with Crippen LogP contribution in [0.5, 0.6) is 0 Å². The normalized spacial score (nSPS) is 11.5. The second-order valence-electron chi connectivity index (χ2n) is 5.14. The lowest BCUT2D eigenvalue weighted by Crippen LogP contribution is -2.23. The fourth-order valence-corrected chi connectivity index (χ4v) is 4.70. The Morgan fingerprint density at radius 1 is 1.04 bits per heavy atom. The summed E-state index contributed by atoms with van der Waals surface area (Å²) in [5.41, 5.74) is 1.20. The Morgan fingerprint density at radius 2 is 1.75 bits per heavy atom. The molecule has 0 unspecified atom stereocenters. The van der Waals surface area contributed by atoms with E-state index in [4.69, 9.17) is 11.6 Å². The summed E-state index contributed by atoms with van der Waals surface area (Å²) in [7, 11) is -3.65. The van der Waals surface area contributed by atoms with Gasteiger partial charge in [-0.2, -0.15) is 0 Å². The zero-order chi connectivity index (χ0) is 17.0. The average Bonchev–Trinajstić information content (AvgIpc) is 3.02. The number of halogens is 1. The van der Waals surface area contributed by atoms with Crippen molar-refractivity contribution in [2.24, 2.45) is 0 Å². The van der Waals surface area contributed by atoms with Gasteiger partial charge in [-0.3, -0.25) is 0 Å². The molecule has 3 aromatic rings. The van der Waals surface area contributed by atoms with Crippen LogP contribution in [0.3, 0.4) is 0 Å². The second-order valence-corrected chi connectivity index (χ2v) is 8.48. The molecule has 0 spiro atoms. The first-order valence-corrected chi connectivity index (χ1v) is 9.94. The standard InChI is InChI=1S/C17H15ClN2O2S2/c18-15-8-4-5-9-16(15)24(21,22)20-12-17-19-11-14(23-17)10-13-6-2-1-3-7-13/h1-9,11,20H,10,12H2. The molecule has 0 aliphatic carbocycles. The van der Waals surface area contributed by atoms with Crippen LogP contribution in [0.15, 0.2) is 65.7 Å². The van der Waals surface area contributed by atoms with Crippen LogP contribution < -0.4 is 4.72 Å². The Balaban J connectivity index is 1.66. The summed E-state index contributed by atoms with van der Waals surface area (Å²) in [5, 5.41) is 0.922. The van der Waals surface area contributed by atoms with Crippen LogP contribution >= 0.6 is 22.9 Å². The summed E-state index contributed by atoms with van der Waals surface area (Å²) in [4.78, 5) is 5.46. The van der Waals surface area contributed by atoms with Crippen LogP contribution in [-0.2, 0) is 23.0 Å². The number of benzene rings is 2. The van der Waals surface area contributed by atoms with Gasteiger partial charge in [0.25, 0.3) is 0 Å². The molecular weight excluding hydrogens is 364 g/mol. The average molecular weight is 379 g/mol. The highest BCUT2D eigenvalue weighted by atomic mass is 35.5. The molecule has 0 amide bonds. The summed E-state index contributed by atoms with van der Waals surface area (Å²) in [6, 6.07) is 16.4. The molecule has 0 aliphatic heterocycles. The highest BCUT2D eigenvalue weighted by Gasteiger charge is 2.17. The van der Waals surface area contributed by atoms with Crippen molar-refractivity contribution in [3.63, 3.8) is 0 Å². The first-order chi connectivity index (χ1) is 11.5. The Kier molecular flexibility index (Phi) is 5.30. The van der Waals surface area contributed by atoms with E-state index < -0.39 is 10.0 Å². The lowest BCUT2D eigenvalue weighted by molar-refractivity contribution is 0.581. The molecule has 7 heteroatoms. The van der Waals surface area contributed by atoms with Gasteiger partial charge in [-0.05, 0) is 17.7 Å². The summed E-state index contributed by atoms with van der Waals surface area (Å²) < 4.78 is 27.2. The van der Waals surface area contributed by atoms with Crippen LogP contribution in [-0.4, -0.2) is 13.4 Å². The van der Waals surface area contributed by atoms with E-state index in [1.54, 1.807) is 24.4 Å². The van der Waals surface area contributed by atoms with Crippen LogP contribution in [0.4, 0.5) is 0 Å². The van der Waals surface area contributed by atoms with E-state index in [0.29, 0.717) is 0 Å².